The zero-order valence-corrected chi connectivity index (χ0v) is 12.1. The highest BCUT2D eigenvalue weighted by atomic mass is 19.1. The van der Waals surface area contributed by atoms with E-state index in [1.807, 2.05) is 30.3 Å². The molecule has 2 aromatic carbocycles. The molecule has 2 rings (SSSR count). The molecule has 0 saturated heterocycles. The van der Waals surface area contributed by atoms with E-state index >= 15 is 0 Å². The van der Waals surface area contributed by atoms with Gasteiger partial charge in [0.2, 0.25) is 0 Å². The highest BCUT2D eigenvalue weighted by Gasteiger charge is 2.24. The quantitative estimate of drug-likeness (QED) is 0.883. The SMILES string of the molecule is CC(NCC(C)(O)c1ccccc1)c1ccc(F)cc1F. The van der Waals surface area contributed by atoms with E-state index in [4.69, 9.17) is 0 Å². The molecule has 0 amide bonds. The molecular weight excluding hydrogens is 272 g/mol. The van der Waals surface area contributed by atoms with Gasteiger partial charge in [-0.05, 0) is 25.5 Å². The zero-order valence-electron chi connectivity index (χ0n) is 12.1. The molecule has 0 aromatic heterocycles. The summed E-state index contributed by atoms with van der Waals surface area (Å²) >= 11 is 0. The fourth-order valence-corrected chi connectivity index (χ4v) is 2.21. The van der Waals surface area contributed by atoms with E-state index in [1.165, 1.54) is 12.1 Å². The molecule has 0 heterocycles. The van der Waals surface area contributed by atoms with Gasteiger partial charge < -0.3 is 10.4 Å². The molecule has 21 heavy (non-hydrogen) atoms. The van der Waals surface area contributed by atoms with Crippen molar-refractivity contribution < 1.29 is 13.9 Å². The van der Waals surface area contributed by atoms with Gasteiger partial charge in [0, 0.05) is 24.2 Å². The minimum atomic E-state index is -1.06. The molecular formula is C17H19F2NO. The maximum absolute atomic E-state index is 13.7. The van der Waals surface area contributed by atoms with E-state index in [2.05, 4.69) is 5.32 Å². The molecule has 0 bridgehead atoms. The summed E-state index contributed by atoms with van der Waals surface area (Å²) in [7, 11) is 0. The maximum Gasteiger partial charge on any atom is 0.130 e. The summed E-state index contributed by atoms with van der Waals surface area (Å²) in [6.45, 7) is 3.73. The molecule has 0 spiro atoms. The van der Waals surface area contributed by atoms with Crippen LogP contribution >= 0.6 is 0 Å². The van der Waals surface area contributed by atoms with E-state index in [9.17, 15) is 13.9 Å². The van der Waals surface area contributed by atoms with Crippen molar-refractivity contribution in [2.45, 2.75) is 25.5 Å². The van der Waals surface area contributed by atoms with Gasteiger partial charge in [-0.25, -0.2) is 8.78 Å². The van der Waals surface area contributed by atoms with Crippen molar-refractivity contribution in [3.05, 3.63) is 71.3 Å². The lowest BCUT2D eigenvalue weighted by molar-refractivity contribution is 0.0542. The number of hydrogen-bond acceptors (Lipinski definition) is 2. The lowest BCUT2D eigenvalue weighted by atomic mass is 9.95. The van der Waals surface area contributed by atoms with Crippen molar-refractivity contribution in [3.8, 4) is 0 Å². The van der Waals surface area contributed by atoms with Gasteiger partial charge in [0.05, 0.1) is 5.60 Å². The Balaban J connectivity index is 2.05. The number of nitrogens with one attached hydrogen (secondary N) is 1. The number of aliphatic hydroxyl groups is 1. The van der Waals surface area contributed by atoms with E-state index in [0.717, 1.165) is 11.6 Å². The predicted octanol–water partition coefficient (Wildman–Crippen LogP) is 3.52. The van der Waals surface area contributed by atoms with Crippen LogP contribution in [0.4, 0.5) is 8.78 Å². The Morgan fingerprint density at radius 3 is 2.43 bits per heavy atom. The third-order valence-electron chi connectivity index (χ3n) is 3.58. The zero-order chi connectivity index (χ0) is 15.5. The van der Waals surface area contributed by atoms with Gasteiger partial charge in [0.1, 0.15) is 11.6 Å². The molecule has 0 fully saturated rings. The van der Waals surface area contributed by atoms with E-state index in [1.54, 1.807) is 13.8 Å². The van der Waals surface area contributed by atoms with Gasteiger partial charge in [-0.1, -0.05) is 36.4 Å². The van der Waals surface area contributed by atoms with Crippen LogP contribution in [0.15, 0.2) is 48.5 Å². The second-order valence-corrected chi connectivity index (χ2v) is 5.41. The molecule has 0 saturated carbocycles. The van der Waals surface area contributed by atoms with Crippen LogP contribution in [0.25, 0.3) is 0 Å². The van der Waals surface area contributed by atoms with Crippen LogP contribution < -0.4 is 5.32 Å². The Morgan fingerprint density at radius 1 is 1.14 bits per heavy atom. The normalized spacial score (nSPS) is 15.5. The van der Waals surface area contributed by atoms with Gasteiger partial charge in [0.25, 0.3) is 0 Å². The smallest absolute Gasteiger partial charge is 0.130 e. The monoisotopic (exact) mass is 291 g/mol. The van der Waals surface area contributed by atoms with Crippen LogP contribution in [-0.2, 0) is 5.60 Å². The maximum atomic E-state index is 13.7. The average molecular weight is 291 g/mol. The molecule has 2 atom stereocenters. The first kappa shape index (κ1) is 15.6. The lowest BCUT2D eigenvalue weighted by Crippen LogP contribution is -2.36. The molecule has 2 N–H and O–H groups in total. The average Bonchev–Trinajstić information content (AvgIpc) is 2.46. The first-order chi connectivity index (χ1) is 9.90. The van der Waals surface area contributed by atoms with Crippen LogP contribution in [0.2, 0.25) is 0 Å². The van der Waals surface area contributed by atoms with Crippen LogP contribution in [-0.4, -0.2) is 11.7 Å². The third kappa shape index (κ3) is 3.86. The van der Waals surface area contributed by atoms with E-state index in [-0.39, 0.29) is 12.6 Å². The molecule has 2 aromatic rings. The van der Waals surface area contributed by atoms with E-state index < -0.39 is 17.2 Å². The fourth-order valence-electron chi connectivity index (χ4n) is 2.21. The van der Waals surface area contributed by atoms with Crippen LogP contribution in [0, 0.1) is 11.6 Å². The third-order valence-corrected chi connectivity index (χ3v) is 3.58. The molecule has 0 aliphatic heterocycles. The molecule has 4 heteroatoms. The first-order valence-corrected chi connectivity index (χ1v) is 6.86. The summed E-state index contributed by atoms with van der Waals surface area (Å²) in [6.07, 6.45) is 0. The first-order valence-electron chi connectivity index (χ1n) is 6.86. The Morgan fingerprint density at radius 2 is 1.81 bits per heavy atom. The summed E-state index contributed by atoms with van der Waals surface area (Å²) in [5, 5.41) is 13.6. The predicted molar refractivity (Wildman–Crippen MR) is 78.8 cm³/mol. The topological polar surface area (TPSA) is 32.3 Å². The van der Waals surface area contributed by atoms with Crippen LogP contribution in [0.5, 0.6) is 0 Å². The molecule has 0 aliphatic carbocycles. The highest BCUT2D eigenvalue weighted by molar-refractivity contribution is 5.24. The summed E-state index contributed by atoms with van der Waals surface area (Å²) in [5.74, 6) is -1.19. The van der Waals surface area contributed by atoms with Crippen molar-refractivity contribution in [1.29, 1.82) is 0 Å². The number of rotatable bonds is 5. The molecule has 112 valence electrons. The standard InChI is InChI=1S/C17H19F2NO/c1-12(15-9-8-14(18)10-16(15)19)20-11-17(2,21)13-6-4-3-5-7-13/h3-10,12,20-21H,11H2,1-2H3. The summed E-state index contributed by atoms with van der Waals surface area (Å²) in [5.41, 5.74) is 0.0935. The van der Waals surface area contributed by atoms with E-state index in [0.29, 0.717) is 5.56 Å². The Labute approximate surface area is 123 Å². The Hall–Kier alpha value is -1.78. The molecule has 2 nitrogen and oxygen atoms in total. The van der Waals surface area contributed by atoms with Crippen LogP contribution in [0.1, 0.15) is 31.0 Å². The van der Waals surface area contributed by atoms with Crippen molar-refractivity contribution >= 4 is 0 Å². The second-order valence-electron chi connectivity index (χ2n) is 5.41. The number of halogens is 2. The minimum Gasteiger partial charge on any atom is -0.384 e. The van der Waals surface area contributed by atoms with Gasteiger partial charge in [-0.15, -0.1) is 0 Å². The van der Waals surface area contributed by atoms with Gasteiger partial charge >= 0.3 is 0 Å². The largest absolute Gasteiger partial charge is 0.384 e. The minimum absolute atomic E-state index is 0.259. The number of hydrogen-bond donors (Lipinski definition) is 2. The van der Waals surface area contributed by atoms with Crippen molar-refractivity contribution in [2.24, 2.45) is 0 Å². The van der Waals surface area contributed by atoms with Crippen LogP contribution in [0.3, 0.4) is 0 Å². The second kappa shape index (κ2) is 6.33. The number of benzene rings is 2. The van der Waals surface area contributed by atoms with Crippen molar-refractivity contribution in [2.75, 3.05) is 6.54 Å². The Bertz CT molecular complexity index is 599. The molecule has 2 unspecified atom stereocenters. The molecule has 0 radical (unpaired) electrons. The van der Waals surface area contributed by atoms with Crippen molar-refractivity contribution in [3.63, 3.8) is 0 Å². The highest BCUT2D eigenvalue weighted by Crippen LogP contribution is 2.22. The van der Waals surface area contributed by atoms with Crippen molar-refractivity contribution in [1.82, 2.24) is 5.32 Å². The lowest BCUT2D eigenvalue weighted by Gasteiger charge is -2.26. The summed E-state index contributed by atoms with van der Waals surface area (Å²) in [4.78, 5) is 0. The summed E-state index contributed by atoms with van der Waals surface area (Å²) in [6, 6.07) is 12.4. The van der Waals surface area contributed by atoms with Gasteiger partial charge in [-0.2, -0.15) is 0 Å². The Kier molecular flexibility index (Phi) is 4.70. The molecule has 0 aliphatic rings. The van der Waals surface area contributed by atoms with Gasteiger partial charge in [0.15, 0.2) is 0 Å². The fraction of sp³-hybridized carbons (Fsp3) is 0.294. The van der Waals surface area contributed by atoms with Gasteiger partial charge in [-0.3, -0.25) is 0 Å². The summed E-state index contributed by atoms with van der Waals surface area (Å²) < 4.78 is 26.6.